The van der Waals surface area contributed by atoms with Crippen LogP contribution in [0.1, 0.15) is 25.3 Å². The normalized spacial score (nSPS) is 18.9. The molecule has 1 N–H and O–H groups in total. The van der Waals surface area contributed by atoms with E-state index in [9.17, 15) is 15.2 Å². The molecule has 110 valence electrons. The molecule has 1 unspecified atom stereocenters. The van der Waals surface area contributed by atoms with Gasteiger partial charge in [0.2, 0.25) is 0 Å². The largest absolute Gasteiger partial charge is 0.393 e. The highest BCUT2D eigenvalue weighted by molar-refractivity contribution is 9.10. The second-order valence-corrected chi connectivity index (χ2v) is 6.25. The molecule has 0 amide bonds. The van der Waals surface area contributed by atoms with Crippen LogP contribution < -0.4 is 0 Å². The molecule has 1 aliphatic heterocycles. The Morgan fingerprint density at radius 1 is 1.50 bits per heavy atom. The van der Waals surface area contributed by atoms with Gasteiger partial charge in [0.15, 0.2) is 0 Å². The van der Waals surface area contributed by atoms with E-state index in [1.807, 2.05) is 13.0 Å². The molecular weight excluding hydrogens is 324 g/mol. The van der Waals surface area contributed by atoms with Crippen molar-refractivity contribution in [3.05, 3.63) is 38.3 Å². The minimum absolute atomic E-state index is 0.112. The van der Waals surface area contributed by atoms with Crippen molar-refractivity contribution in [2.24, 2.45) is 5.92 Å². The van der Waals surface area contributed by atoms with Crippen LogP contribution in [0.25, 0.3) is 0 Å². The smallest absolute Gasteiger partial charge is 0.283 e. The number of nitro benzene ring substituents is 1. The fraction of sp³-hybridized carbons (Fsp3) is 0.571. The Kier molecular flexibility index (Phi) is 5.12. The number of nitrogens with zero attached hydrogens (tertiary/aromatic N) is 2. The predicted molar refractivity (Wildman–Crippen MR) is 80.5 cm³/mol. The Bertz CT molecular complexity index is 485. The topological polar surface area (TPSA) is 66.6 Å². The first kappa shape index (κ1) is 15.4. The minimum Gasteiger partial charge on any atom is -0.393 e. The molecule has 1 aromatic carbocycles. The molecule has 0 aromatic heterocycles. The molecule has 0 bridgehead atoms. The summed E-state index contributed by atoms with van der Waals surface area (Å²) in [5.41, 5.74) is 1.07. The van der Waals surface area contributed by atoms with Gasteiger partial charge in [0.05, 0.1) is 15.5 Å². The maximum absolute atomic E-state index is 10.9. The average molecular weight is 343 g/mol. The third-order valence-electron chi connectivity index (χ3n) is 3.93. The molecule has 0 radical (unpaired) electrons. The lowest BCUT2D eigenvalue weighted by atomic mass is 9.92. The van der Waals surface area contributed by atoms with Crippen molar-refractivity contribution >= 4 is 21.6 Å². The summed E-state index contributed by atoms with van der Waals surface area (Å²) in [6.07, 6.45) is 1.72. The van der Waals surface area contributed by atoms with Gasteiger partial charge >= 0.3 is 0 Å². The van der Waals surface area contributed by atoms with E-state index < -0.39 is 0 Å². The molecule has 5 nitrogen and oxygen atoms in total. The van der Waals surface area contributed by atoms with Crippen molar-refractivity contribution in [1.29, 1.82) is 0 Å². The first-order valence-corrected chi connectivity index (χ1v) is 7.60. The number of piperidine rings is 1. The van der Waals surface area contributed by atoms with E-state index in [4.69, 9.17) is 0 Å². The van der Waals surface area contributed by atoms with E-state index in [1.54, 1.807) is 12.1 Å². The SMILES string of the molecule is CC(O)C1CCN(Cc2ccc(Br)c([N+](=O)[O-])c2)CC1. The van der Waals surface area contributed by atoms with Crippen molar-refractivity contribution in [3.8, 4) is 0 Å². The number of aliphatic hydroxyl groups excluding tert-OH is 1. The van der Waals surface area contributed by atoms with Gasteiger partial charge < -0.3 is 5.11 Å². The first-order valence-electron chi connectivity index (χ1n) is 6.80. The lowest BCUT2D eigenvalue weighted by Gasteiger charge is -2.33. The first-order chi connectivity index (χ1) is 9.47. The number of halogens is 1. The van der Waals surface area contributed by atoms with E-state index in [0.717, 1.165) is 38.0 Å². The van der Waals surface area contributed by atoms with Crippen LogP contribution in [0, 0.1) is 16.0 Å². The van der Waals surface area contributed by atoms with E-state index in [1.165, 1.54) is 0 Å². The van der Waals surface area contributed by atoms with Crippen molar-refractivity contribution in [2.75, 3.05) is 13.1 Å². The summed E-state index contributed by atoms with van der Waals surface area (Å²) in [5, 5.41) is 20.5. The summed E-state index contributed by atoms with van der Waals surface area (Å²) in [6, 6.07) is 5.28. The van der Waals surface area contributed by atoms with Gasteiger partial charge in [0.1, 0.15) is 0 Å². The number of aliphatic hydroxyl groups is 1. The highest BCUT2D eigenvalue weighted by atomic mass is 79.9. The van der Waals surface area contributed by atoms with E-state index in [-0.39, 0.29) is 16.7 Å². The van der Waals surface area contributed by atoms with E-state index >= 15 is 0 Å². The molecule has 1 fully saturated rings. The van der Waals surface area contributed by atoms with Crippen LogP contribution in [0.4, 0.5) is 5.69 Å². The Morgan fingerprint density at radius 2 is 2.15 bits per heavy atom. The highest BCUT2D eigenvalue weighted by Crippen LogP contribution is 2.27. The number of hydrogen-bond donors (Lipinski definition) is 1. The standard InChI is InChI=1S/C14H19BrN2O3/c1-10(18)12-4-6-16(7-5-12)9-11-2-3-13(15)14(8-11)17(19)20/h2-3,8,10,12,18H,4-7,9H2,1H3. The molecule has 1 saturated heterocycles. The molecule has 20 heavy (non-hydrogen) atoms. The number of benzene rings is 1. The average Bonchev–Trinajstić information content (AvgIpc) is 2.41. The van der Waals surface area contributed by atoms with Crippen molar-refractivity contribution in [1.82, 2.24) is 4.90 Å². The maximum Gasteiger partial charge on any atom is 0.283 e. The second-order valence-electron chi connectivity index (χ2n) is 5.40. The number of hydrogen-bond acceptors (Lipinski definition) is 4. The van der Waals surface area contributed by atoms with Crippen LogP contribution in [0.15, 0.2) is 22.7 Å². The van der Waals surface area contributed by atoms with Gasteiger partial charge in [-0.3, -0.25) is 15.0 Å². The van der Waals surface area contributed by atoms with Crippen LogP contribution in [-0.4, -0.2) is 34.1 Å². The van der Waals surface area contributed by atoms with E-state index in [2.05, 4.69) is 20.8 Å². The highest BCUT2D eigenvalue weighted by Gasteiger charge is 2.23. The van der Waals surface area contributed by atoms with Crippen LogP contribution in [0.2, 0.25) is 0 Å². The summed E-state index contributed by atoms with van der Waals surface area (Å²) in [6.45, 7) is 4.43. The van der Waals surface area contributed by atoms with Gasteiger partial charge in [-0.1, -0.05) is 6.07 Å². The molecule has 1 aliphatic rings. The van der Waals surface area contributed by atoms with Crippen LogP contribution in [-0.2, 0) is 6.54 Å². The Hall–Kier alpha value is -0.980. The lowest BCUT2D eigenvalue weighted by Crippen LogP contribution is -2.36. The number of nitro groups is 1. The summed E-state index contributed by atoms with van der Waals surface area (Å²) >= 11 is 3.20. The van der Waals surface area contributed by atoms with Gasteiger partial charge in [-0.05, 0) is 66.3 Å². The molecule has 2 rings (SSSR count). The molecule has 1 heterocycles. The van der Waals surface area contributed by atoms with Gasteiger partial charge in [-0.2, -0.15) is 0 Å². The van der Waals surface area contributed by atoms with Gasteiger partial charge in [-0.25, -0.2) is 0 Å². The third-order valence-corrected chi connectivity index (χ3v) is 4.60. The Labute approximate surface area is 126 Å². The Morgan fingerprint density at radius 3 is 2.70 bits per heavy atom. The number of rotatable bonds is 4. The van der Waals surface area contributed by atoms with Crippen molar-refractivity contribution < 1.29 is 10.0 Å². The third kappa shape index (κ3) is 3.77. The summed E-state index contributed by atoms with van der Waals surface area (Å²) in [7, 11) is 0. The molecule has 6 heteroatoms. The zero-order valence-electron chi connectivity index (χ0n) is 11.5. The fourth-order valence-corrected chi connectivity index (χ4v) is 3.04. The quantitative estimate of drug-likeness (QED) is 0.674. The Balaban J connectivity index is 1.98. The van der Waals surface area contributed by atoms with Crippen LogP contribution in [0.3, 0.4) is 0 Å². The zero-order chi connectivity index (χ0) is 14.7. The van der Waals surface area contributed by atoms with Crippen LogP contribution >= 0.6 is 15.9 Å². The monoisotopic (exact) mass is 342 g/mol. The van der Waals surface area contributed by atoms with Gasteiger partial charge in [0.25, 0.3) is 5.69 Å². The summed E-state index contributed by atoms with van der Waals surface area (Å²) < 4.78 is 0.513. The zero-order valence-corrected chi connectivity index (χ0v) is 13.0. The molecule has 0 saturated carbocycles. The van der Waals surface area contributed by atoms with Gasteiger partial charge in [0, 0.05) is 12.6 Å². The molecule has 1 atom stereocenters. The van der Waals surface area contributed by atoms with Gasteiger partial charge in [-0.15, -0.1) is 0 Å². The van der Waals surface area contributed by atoms with Crippen molar-refractivity contribution in [2.45, 2.75) is 32.4 Å². The predicted octanol–water partition coefficient (Wildman–Crippen LogP) is 2.95. The molecular formula is C14H19BrN2O3. The van der Waals surface area contributed by atoms with Crippen molar-refractivity contribution in [3.63, 3.8) is 0 Å². The summed E-state index contributed by atoms with van der Waals surface area (Å²) in [5.74, 6) is 0.380. The lowest BCUT2D eigenvalue weighted by molar-refractivity contribution is -0.385. The summed E-state index contributed by atoms with van der Waals surface area (Å²) in [4.78, 5) is 12.8. The van der Waals surface area contributed by atoms with E-state index in [0.29, 0.717) is 10.4 Å². The minimum atomic E-state index is -0.368. The number of likely N-dealkylation sites (tertiary alicyclic amines) is 1. The fourth-order valence-electron chi connectivity index (χ4n) is 2.65. The van der Waals surface area contributed by atoms with Crippen LogP contribution in [0.5, 0.6) is 0 Å². The molecule has 1 aromatic rings. The second kappa shape index (κ2) is 6.65. The maximum atomic E-state index is 10.9. The molecule has 0 spiro atoms. The molecule has 0 aliphatic carbocycles.